The van der Waals surface area contributed by atoms with E-state index in [4.69, 9.17) is 4.74 Å². The van der Waals surface area contributed by atoms with Gasteiger partial charge in [0.15, 0.2) is 0 Å². The van der Waals surface area contributed by atoms with Crippen molar-refractivity contribution in [2.75, 3.05) is 13.7 Å². The molecule has 0 bridgehead atoms. The van der Waals surface area contributed by atoms with Crippen molar-refractivity contribution in [1.82, 2.24) is 4.90 Å². The van der Waals surface area contributed by atoms with Crippen LogP contribution in [0.1, 0.15) is 45.4 Å². The van der Waals surface area contributed by atoms with Crippen LogP contribution in [0.15, 0.2) is 0 Å². The van der Waals surface area contributed by atoms with Gasteiger partial charge in [-0.15, -0.1) is 0 Å². The number of amides is 1. The highest BCUT2D eigenvalue weighted by molar-refractivity contribution is 5.86. The van der Waals surface area contributed by atoms with Gasteiger partial charge >= 0.3 is 5.97 Å². The average Bonchev–Trinajstić information content (AvgIpc) is 2.80. The number of carbonyl (C=O) groups excluding carboxylic acids is 2. The van der Waals surface area contributed by atoms with E-state index in [1.807, 2.05) is 4.90 Å². The molecule has 2 rings (SSSR count). The Morgan fingerprint density at radius 2 is 2.00 bits per heavy atom. The number of hydrogen-bond acceptors (Lipinski definition) is 3. The van der Waals surface area contributed by atoms with E-state index in [9.17, 15) is 9.59 Å². The molecule has 0 radical (unpaired) electrons. The van der Waals surface area contributed by atoms with Crippen LogP contribution in [0.5, 0.6) is 0 Å². The molecule has 2 fully saturated rings. The Balaban J connectivity index is 1.96. The average molecular weight is 253 g/mol. The maximum atomic E-state index is 12.0. The molecule has 0 N–H and O–H groups in total. The summed E-state index contributed by atoms with van der Waals surface area (Å²) in [6.45, 7) is 2.68. The highest BCUT2D eigenvalue weighted by Crippen LogP contribution is 2.32. The van der Waals surface area contributed by atoms with Gasteiger partial charge < -0.3 is 9.64 Å². The van der Waals surface area contributed by atoms with E-state index in [0.717, 1.165) is 0 Å². The van der Waals surface area contributed by atoms with Gasteiger partial charge in [-0.3, -0.25) is 9.59 Å². The number of hydrogen-bond donors (Lipinski definition) is 0. The number of rotatable bonds is 3. The molecule has 0 aromatic heterocycles. The minimum atomic E-state index is -0.256. The van der Waals surface area contributed by atoms with Crippen molar-refractivity contribution in [3.63, 3.8) is 0 Å². The molecule has 1 heterocycles. The lowest BCUT2D eigenvalue weighted by Crippen LogP contribution is -2.40. The predicted molar refractivity (Wildman–Crippen MR) is 67.9 cm³/mol. The molecular formula is C14H23NO3. The standard InChI is InChI=1S/C14H23NO3/c1-10(11-6-4-3-5-7-11)15-9-12(8-13(15)16)14(17)18-2/h10-12H,3-9H2,1-2H3. The highest BCUT2D eigenvalue weighted by Gasteiger charge is 2.39. The maximum Gasteiger partial charge on any atom is 0.310 e. The van der Waals surface area contributed by atoms with Crippen LogP contribution in [-0.4, -0.2) is 36.5 Å². The smallest absolute Gasteiger partial charge is 0.310 e. The van der Waals surface area contributed by atoms with E-state index in [2.05, 4.69) is 6.92 Å². The Labute approximate surface area is 109 Å². The number of esters is 1. The zero-order chi connectivity index (χ0) is 13.1. The van der Waals surface area contributed by atoms with Gasteiger partial charge in [0, 0.05) is 19.0 Å². The monoisotopic (exact) mass is 253 g/mol. The van der Waals surface area contributed by atoms with Gasteiger partial charge in [0.25, 0.3) is 0 Å². The van der Waals surface area contributed by atoms with Crippen molar-refractivity contribution in [2.24, 2.45) is 11.8 Å². The largest absolute Gasteiger partial charge is 0.469 e. The molecule has 2 unspecified atom stereocenters. The maximum absolute atomic E-state index is 12.0. The van der Waals surface area contributed by atoms with E-state index in [-0.39, 0.29) is 23.8 Å². The lowest BCUT2D eigenvalue weighted by atomic mass is 9.84. The van der Waals surface area contributed by atoms with Crippen LogP contribution < -0.4 is 0 Å². The van der Waals surface area contributed by atoms with E-state index in [0.29, 0.717) is 18.9 Å². The number of methoxy groups -OCH3 is 1. The van der Waals surface area contributed by atoms with Crippen molar-refractivity contribution >= 4 is 11.9 Å². The zero-order valence-corrected chi connectivity index (χ0v) is 11.4. The Hall–Kier alpha value is -1.06. The molecule has 1 saturated heterocycles. The van der Waals surface area contributed by atoms with Crippen LogP contribution in [0, 0.1) is 11.8 Å². The van der Waals surface area contributed by atoms with Crippen LogP contribution in [-0.2, 0) is 14.3 Å². The molecule has 102 valence electrons. The summed E-state index contributed by atoms with van der Waals surface area (Å²) >= 11 is 0. The number of ether oxygens (including phenoxy) is 1. The third kappa shape index (κ3) is 2.68. The molecule has 1 aliphatic carbocycles. The molecule has 2 atom stereocenters. The second-order valence-electron chi connectivity index (χ2n) is 5.61. The summed E-state index contributed by atoms with van der Waals surface area (Å²) in [5.74, 6) is 0.220. The lowest BCUT2D eigenvalue weighted by Gasteiger charge is -2.34. The lowest BCUT2D eigenvalue weighted by molar-refractivity contribution is -0.145. The third-order valence-electron chi connectivity index (χ3n) is 4.52. The Morgan fingerprint density at radius 1 is 1.33 bits per heavy atom. The quantitative estimate of drug-likeness (QED) is 0.722. The number of carbonyl (C=O) groups is 2. The number of nitrogens with zero attached hydrogens (tertiary/aromatic N) is 1. The van der Waals surface area contributed by atoms with Crippen LogP contribution in [0.25, 0.3) is 0 Å². The molecular weight excluding hydrogens is 230 g/mol. The Bertz CT molecular complexity index is 323. The molecule has 18 heavy (non-hydrogen) atoms. The van der Waals surface area contributed by atoms with Gasteiger partial charge in [-0.1, -0.05) is 19.3 Å². The van der Waals surface area contributed by atoms with Crippen LogP contribution in [0.3, 0.4) is 0 Å². The minimum Gasteiger partial charge on any atom is -0.469 e. The topological polar surface area (TPSA) is 46.6 Å². The summed E-state index contributed by atoms with van der Waals surface area (Å²) in [4.78, 5) is 25.4. The highest BCUT2D eigenvalue weighted by atomic mass is 16.5. The first-order chi connectivity index (χ1) is 8.63. The fourth-order valence-corrected chi connectivity index (χ4v) is 3.32. The first-order valence-electron chi connectivity index (χ1n) is 7.00. The van der Waals surface area contributed by atoms with Gasteiger partial charge in [-0.25, -0.2) is 0 Å². The van der Waals surface area contributed by atoms with Gasteiger partial charge in [-0.05, 0) is 25.7 Å². The second kappa shape index (κ2) is 5.72. The molecule has 2 aliphatic rings. The van der Waals surface area contributed by atoms with Gasteiger partial charge in [0.2, 0.25) is 5.91 Å². The molecule has 1 aliphatic heterocycles. The van der Waals surface area contributed by atoms with Crippen molar-refractivity contribution in [3.05, 3.63) is 0 Å². The summed E-state index contributed by atoms with van der Waals surface area (Å²) in [6, 6.07) is 0.271. The molecule has 0 spiro atoms. The summed E-state index contributed by atoms with van der Waals surface area (Å²) in [5, 5.41) is 0. The summed E-state index contributed by atoms with van der Waals surface area (Å²) in [7, 11) is 1.39. The Morgan fingerprint density at radius 3 is 2.61 bits per heavy atom. The van der Waals surface area contributed by atoms with Crippen LogP contribution in [0.2, 0.25) is 0 Å². The van der Waals surface area contributed by atoms with Gasteiger partial charge in [-0.2, -0.15) is 0 Å². The zero-order valence-electron chi connectivity index (χ0n) is 11.4. The van der Waals surface area contributed by atoms with Crippen molar-refractivity contribution in [3.8, 4) is 0 Å². The molecule has 0 aromatic rings. The number of likely N-dealkylation sites (tertiary alicyclic amines) is 1. The predicted octanol–water partition coefficient (Wildman–Crippen LogP) is 1.98. The molecule has 4 heteroatoms. The van der Waals surface area contributed by atoms with Gasteiger partial charge in [0.1, 0.15) is 0 Å². The van der Waals surface area contributed by atoms with Crippen molar-refractivity contribution in [2.45, 2.75) is 51.5 Å². The third-order valence-corrected chi connectivity index (χ3v) is 4.52. The minimum absolute atomic E-state index is 0.114. The fourth-order valence-electron chi connectivity index (χ4n) is 3.32. The van der Waals surface area contributed by atoms with Crippen LogP contribution >= 0.6 is 0 Å². The van der Waals surface area contributed by atoms with Gasteiger partial charge in [0.05, 0.1) is 13.0 Å². The Kier molecular flexibility index (Phi) is 4.25. The van der Waals surface area contributed by atoms with E-state index < -0.39 is 0 Å². The first-order valence-corrected chi connectivity index (χ1v) is 7.00. The van der Waals surface area contributed by atoms with Crippen LogP contribution in [0.4, 0.5) is 0 Å². The molecule has 4 nitrogen and oxygen atoms in total. The second-order valence-corrected chi connectivity index (χ2v) is 5.61. The summed E-state index contributed by atoms with van der Waals surface area (Å²) < 4.78 is 4.74. The van der Waals surface area contributed by atoms with E-state index >= 15 is 0 Å². The normalized spacial score (nSPS) is 27.3. The first kappa shape index (κ1) is 13.4. The summed E-state index contributed by atoms with van der Waals surface area (Å²) in [5.41, 5.74) is 0. The van der Waals surface area contributed by atoms with E-state index in [1.165, 1.54) is 39.2 Å². The molecule has 1 saturated carbocycles. The fraction of sp³-hybridized carbons (Fsp3) is 0.857. The van der Waals surface area contributed by atoms with Crippen molar-refractivity contribution in [1.29, 1.82) is 0 Å². The SMILES string of the molecule is COC(=O)C1CC(=O)N(C(C)C2CCCCC2)C1. The van der Waals surface area contributed by atoms with E-state index in [1.54, 1.807) is 0 Å². The molecule has 0 aromatic carbocycles. The van der Waals surface area contributed by atoms with Crippen molar-refractivity contribution < 1.29 is 14.3 Å². The summed E-state index contributed by atoms with van der Waals surface area (Å²) in [6.07, 6.45) is 6.63. The molecule has 1 amide bonds.